The molecular formula is C16H19NO3. The van der Waals surface area contributed by atoms with E-state index < -0.39 is 6.09 Å². The molecule has 2 N–H and O–H groups in total. The van der Waals surface area contributed by atoms with Gasteiger partial charge < -0.3 is 15.2 Å². The first kappa shape index (κ1) is 13.2. The van der Waals surface area contributed by atoms with Crippen LogP contribution in [0.15, 0.2) is 42.5 Å². The molecule has 106 valence electrons. The highest BCUT2D eigenvalue weighted by atomic mass is 16.5. The summed E-state index contributed by atoms with van der Waals surface area (Å²) in [6.07, 6.45) is 4.91. The van der Waals surface area contributed by atoms with Crippen molar-refractivity contribution in [1.82, 2.24) is 5.32 Å². The zero-order valence-corrected chi connectivity index (χ0v) is 11.2. The molecule has 0 saturated heterocycles. The second-order valence-electron chi connectivity index (χ2n) is 5.53. The lowest BCUT2D eigenvalue weighted by Gasteiger charge is -2.26. The van der Waals surface area contributed by atoms with Crippen molar-refractivity contribution in [3.05, 3.63) is 48.0 Å². The minimum absolute atomic E-state index is 0.00160. The van der Waals surface area contributed by atoms with Gasteiger partial charge in [0.15, 0.2) is 0 Å². The van der Waals surface area contributed by atoms with Gasteiger partial charge in [-0.2, -0.15) is 0 Å². The molecule has 3 rings (SSSR count). The van der Waals surface area contributed by atoms with Crippen molar-refractivity contribution in [2.45, 2.75) is 19.1 Å². The average Bonchev–Trinajstić information content (AvgIpc) is 3.07. The molecule has 0 unspecified atom stereocenters. The molecule has 2 bridgehead atoms. The second-order valence-corrected chi connectivity index (χ2v) is 5.53. The molecule has 0 aromatic heterocycles. The summed E-state index contributed by atoms with van der Waals surface area (Å²) in [6, 6.07) is 9.60. The van der Waals surface area contributed by atoms with Crippen LogP contribution in [0.1, 0.15) is 12.0 Å². The van der Waals surface area contributed by atoms with E-state index in [-0.39, 0.29) is 25.2 Å². The van der Waals surface area contributed by atoms with Crippen LogP contribution in [-0.2, 0) is 11.3 Å². The van der Waals surface area contributed by atoms with E-state index in [9.17, 15) is 9.90 Å². The maximum atomic E-state index is 11.9. The number of rotatable bonds is 4. The topological polar surface area (TPSA) is 58.6 Å². The summed E-state index contributed by atoms with van der Waals surface area (Å²) in [5.41, 5.74) is 0.967. The Labute approximate surface area is 118 Å². The first-order chi connectivity index (χ1) is 9.78. The van der Waals surface area contributed by atoms with Crippen molar-refractivity contribution in [1.29, 1.82) is 0 Å². The van der Waals surface area contributed by atoms with Crippen molar-refractivity contribution in [3.8, 4) is 0 Å². The quantitative estimate of drug-likeness (QED) is 0.826. The maximum Gasteiger partial charge on any atom is 0.407 e. The molecule has 1 aromatic carbocycles. The molecule has 1 aromatic rings. The van der Waals surface area contributed by atoms with Gasteiger partial charge in [0.2, 0.25) is 0 Å². The number of allylic oxidation sites excluding steroid dienone is 1. The minimum Gasteiger partial charge on any atom is -0.445 e. The van der Waals surface area contributed by atoms with E-state index in [0.717, 1.165) is 12.0 Å². The second kappa shape index (κ2) is 5.67. The minimum atomic E-state index is -0.404. The molecule has 4 atom stereocenters. The number of benzene rings is 1. The third-order valence-corrected chi connectivity index (χ3v) is 4.33. The fraction of sp³-hybridized carbons (Fsp3) is 0.438. The zero-order valence-electron chi connectivity index (χ0n) is 11.2. The van der Waals surface area contributed by atoms with Crippen LogP contribution in [0.2, 0.25) is 0 Å². The molecule has 1 saturated carbocycles. The van der Waals surface area contributed by atoms with Gasteiger partial charge in [0.05, 0.1) is 0 Å². The van der Waals surface area contributed by atoms with Gasteiger partial charge in [0.25, 0.3) is 0 Å². The van der Waals surface area contributed by atoms with Crippen LogP contribution in [0.5, 0.6) is 0 Å². The third kappa shape index (κ3) is 2.56. The van der Waals surface area contributed by atoms with Gasteiger partial charge in [-0.05, 0) is 23.8 Å². The Balaban J connectivity index is 1.53. The van der Waals surface area contributed by atoms with E-state index in [2.05, 4.69) is 17.5 Å². The molecule has 0 heterocycles. The van der Waals surface area contributed by atoms with Crippen molar-refractivity contribution in [2.24, 2.45) is 17.8 Å². The summed E-state index contributed by atoms with van der Waals surface area (Å²) in [5, 5.41) is 12.4. The first-order valence-electron chi connectivity index (χ1n) is 7.04. The van der Waals surface area contributed by atoms with E-state index in [0.29, 0.717) is 11.8 Å². The van der Waals surface area contributed by atoms with Crippen LogP contribution in [0.4, 0.5) is 4.79 Å². The van der Waals surface area contributed by atoms with Gasteiger partial charge in [-0.1, -0.05) is 42.5 Å². The predicted molar refractivity (Wildman–Crippen MR) is 74.9 cm³/mol. The van der Waals surface area contributed by atoms with E-state index in [4.69, 9.17) is 4.74 Å². The summed E-state index contributed by atoms with van der Waals surface area (Å²) in [5.74, 6) is 0.847. The van der Waals surface area contributed by atoms with Crippen molar-refractivity contribution >= 4 is 6.09 Å². The molecule has 1 amide bonds. The fourth-order valence-electron chi connectivity index (χ4n) is 3.29. The Morgan fingerprint density at radius 2 is 2.00 bits per heavy atom. The highest BCUT2D eigenvalue weighted by Crippen LogP contribution is 2.43. The zero-order chi connectivity index (χ0) is 13.9. The SMILES string of the molecule is O=C(N[C@H]1[C@@H](CO)[C@H]2C=C[C@@H]1C2)OCc1ccccc1. The summed E-state index contributed by atoms with van der Waals surface area (Å²) in [7, 11) is 0. The number of aliphatic hydroxyl groups excluding tert-OH is 1. The van der Waals surface area contributed by atoms with Gasteiger partial charge in [-0.25, -0.2) is 4.79 Å². The highest BCUT2D eigenvalue weighted by molar-refractivity contribution is 5.68. The number of nitrogens with one attached hydrogen (secondary N) is 1. The summed E-state index contributed by atoms with van der Waals surface area (Å²) in [4.78, 5) is 11.9. The number of aliphatic hydroxyl groups is 1. The molecule has 1 fully saturated rings. The van der Waals surface area contributed by atoms with Crippen LogP contribution in [-0.4, -0.2) is 23.8 Å². The standard InChI is InChI=1S/C16H19NO3/c18-9-14-12-6-7-13(8-12)15(14)17-16(19)20-10-11-4-2-1-3-5-11/h1-7,12-15,18H,8-10H2,(H,17,19)/t12-,13+,14-,15+/m0/s1. The number of amides is 1. The summed E-state index contributed by atoms with van der Waals surface area (Å²) >= 11 is 0. The van der Waals surface area contributed by atoms with Crippen LogP contribution in [0.25, 0.3) is 0 Å². The van der Waals surface area contributed by atoms with Crippen molar-refractivity contribution < 1.29 is 14.6 Å². The van der Waals surface area contributed by atoms with E-state index in [1.54, 1.807) is 0 Å². The Bertz CT molecular complexity index is 500. The smallest absolute Gasteiger partial charge is 0.407 e. The van der Waals surface area contributed by atoms with E-state index in [1.165, 1.54) is 0 Å². The molecule has 20 heavy (non-hydrogen) atoms. The molecule has 2 aliphatic carbocycles. The molecule has 4 nitrogen and oxygen atoms in total. The average molecular weight is 273 g/mol. The van der Waals surface area contributed by atoms with E-state index in [1.807, 2.05) is 30.3 Å². The lowest BCUT2D eigenvalue weighted by molar-refractivity contribution is 0.122. The largest absolute Gasteiger partial charge is 0.445 e. The Hall–Kier alpha value is -1.81. The molecule has 0 aliphatic heterocycles. The molecule has 0 radical (unpaired) electrons. The number of alkyl carbamates (subject to hydrolysis) is 1. The van der Waals surface area contributed by atoms with Crippen LogP contribution < -0.4 is 5.32 Å². The number of hydrogen-bond acceptors (Lipinski definition) is 3. The molecule has 2 aliphatic rings. The Kier molecular flexibility index (Phi) is 3.74. The van der Waals surface area contributed by atoms with Crippen LogP contribution in [0, 0.1) is 17.8 Å². The van der Waals surface area contributed by atoms with Gasteiger partial charge in [-0.15, -0.1) is 0 Å². The lowest BCUT2D eigenvalue weighted by atomic mass is 9.90. The van der Waals surface area contributed by atoms with Crippen molar-refractivity contribution in [2.75, 3.05) is 6.61 Å². The normalized spacial score (nSPS) is 30.4. The summed E-state index contributed by atoms with van der Waals surface area (Å²) in [6.45, 7) is 0.377. The first-order valence-corrected chi connectivity index (χ1v) is 7.04. The maximum absolute atomic E-state index is 11.9. The van der Waals surface area contributed by atoms with Gasteiger partial charge in [-0.3, -0.25) is 0 Å². The number of hydrogen-bond donors (Lipinski definition) is 2. The molecule has 4 heteroatoms. The molecular weight excluding hydrogens is 254 g/mol. The number of carbonyl (C=O) groups is 1. The van der Waals surface area contributed by atoms with Crippen LogP contribution >= 0.6 is 0 Å². The van der Waals surface area contributed by atoms with Crippen LogP contribution in [0.3, 0.4) is 0 Å². The Morgan fingerprint density at radius 1 is 1.25 bits per heavy atom. The lowest BCUT2D eigenvalue weighted by Crippen LogP contribution is -2.44. The highest BCUT2D eigenvalue weighted by Gasteiger charge is 2.44. The van der Waals surface area contributed by atoms with Gasteiger partial charge >= 0.3 is 6.09 Å². The summed E-state index contributed by atoms with van der Waals surface area (Å²) < 4.78 is 5.23. The molecule has 0 spiro atoms. The fourth-order valence-corrected chi connectivity index (χ4v) is 3.29. The number of ether oxygens (including phenoxy) is 1. The Morgan fingerprint density at radius 3 is 2.75 bits per heavy atom. The van der Waals surface area contributed by atoms with Gasteiger partial charge in [0, 0.05) is 18.6 Å². The number of fused-ring (bicyclic) bond motifs is 2. The van der Waals surface area contributed by atoms with E-state index >= 15 is 0 Å². The monoisotopic (exact) mass is 273 g/mol. The van der Waals surface area contributed by atoms with Gasteiger partial charge in [0.1, 0.15) is 6.61 Å². The van der Waals surface area contributed by atoms with Crippen molar-refractivity contribution in [3.63, 3.8) is 0 Å². The predicted octanol–water partition coefficient (Wildman–Crippen LogP) is 2.10. The number of carbonyl (C=O) groups excluding carboxylic acids is 1. The third-order valence-electron chi connectivity index (χ3n) is 4.33.